The van der Waals surface area contributed by atoms with E-state index in [-0.39, 0.29) is 0 Å². The number of anilines is 1. The van der Waals surface area contributed by atoms with Gasteiger partial charge in [-0.1, -0.05) is 54.1 Å². The lowest BCUT2D eigenvalue weighted by Crippen LogP contribution is -2.24. The van der Waals surface area contributed by atoms with Crippen molar-refractivity contribution in [2.75, 3.05) is 38.5 Å². The first kappa shape index (κ1) is 26.4. The molecule has 4 rings (SSSR count). The molecule has 0 amide bonds. The van der Waals surface area contributed by atoms with E-state index in [1.54, 1.807) is 7.05 Å². The normalized spacial score (nSPS) is 16.3. The van der Waals surface area contributed by atoms with Gasteiger partial charge in [0.1, 0.15) is 11.6 Å². The van der Waals surface area contributed by atoms with Gasteiger partial charge in [-0.25, -0.2) is 9.97 Å². The van der Waals surface area contributed by atoms with Gasteiger partial charge in [-0.3, -0.25) is 0 Å². The van der Waals surface area contributed by atoms with Crippen LogP contribution in [0.25, 0.3) is 11.6 Å². The molecule has 0 atom stereocenters. The highest BCUT2D eigenvalue weighted by Gasteiger charge is 2.14. The van der Waals surface area contributed by atoms with Gasteiger partial charge >= 0.3 is 0 Å². The lowest BCUT2D eigenvalue weighted by molar-refractivity contribution is 0.330. The molecule has 9 heteroatoms. The Labute approximate surface area is 219 Å². The van der Waals surface area contributed by atoms with Crippen LogP contribution in [0.2, 0.25) is 0 Å². The third kappa shape index (κ3) is 7.65. The summed E-state index contributed by atoms with van der Waals surface area (Å²) in [6, 6.07) is 8.52. The van der Waals surface area contributed by atoms with E-state index in [9.17, 15) is 0 Å². The smallest absolute Gasteiger partial charge is 0.204 e. The fourth-order valence-electron chi connectivity index (χ4n) is 4.29. The Morgan fingerprint density at radius 1 is 1.14 bits per heavy atom. The summed E-state index contributed by atoms with van der Waals surface area (Å²) in [7, 11) is 3.91. The standard InChI is InChI=1S/C28H37N9/c1-21-9-4-10-22(19-21)20-26-31-25-14-6-12-23(27-33-35-37(3)34-27)11-5-13-24(25)28(32-26)30-16-8-18-36(2)17-7-15-29/h4-6,9-13,19H,7-8,14-18,20,29H2,1-3H3,(H,30,31,32)/b12-6+,13-5+,23-11+. The second-order valence-electron chi connectivity index (χ2n) is 9.43. The van der Waals surface area contributed by atoms with Crippen molar-refractivity contribution in [3.8, 4) is 0 Å². The highest BCUT2D eigenvalue weighted by Crippen LogP contribution is 2.24. The van der Waals surface area contributed by atoms with Crippen molar-refractivity contribution in [2.24, 2.45) is 12.8 Å². The Balaban J connectivity index is 1.58. The minimum atomic E-state index is 0.595. The molecule has 0 unspecified atom stereocenters. The monoisotopic (exact) mass is 499 g/mol. The van der Waals surface area contributed by atoms with Crippen LogP contribution in [0, 0.1) is 6.92 Å². The topological polar surface area (TPSA) is 111 Å². The van der Waals surface area contributed by atoms with Gasteiger partial charge in [0.05, 0.1) is 12.7 Å². The molecule has 37 heavy (non-hydrogen) atoms. The number of tetrazole rings is 1. The van der Waals surface area contributed by atoms with E-state index in [2.05, 4.69) is 76.0 Å². The first-order chi connectivity index (χ1) is 18.0. The van der Waals surface area contributed by atoms with E-state index >= 15 is 0 Å². The molecule has 0 spiro atoms. The maximum atomic E-state index is 5.65. The number of allylic oxidation sites excluding steroid dienone is 5. The predicted molar refractivity (Wildman–Crippen MR) is 149 cm³/mol. The number of nitrogens with zero attached hydrogens (tertiary/aromatic N) is 7. The van der Waals surface area contributed by atoms with Gasteiger partial charge < -0.3 is 16.0 Å². The summed E-state index contributed by atoms with van der Waals surface area (Å²) < 4.78 is 0. The molecule has 0 bridgehead atoms. The molecule has 1 aromatic carbocycles. The van der Waals surface area contributed by atoms with Crippen molar-refractivity contribution in [1.29, 1.82) is 0 Å². The zero-order valence-corrected chi connectivity index (χ0v) is 22.1. The highest BCUT2D eigenvalue weighted by molar-refractivity contribution is 5.74. The molecule has 194 valence electrons. The summed E-state index contributed by atoms with van der Waals surface area (Å²) in [6.45, 7) is 5.69. The maximum Gasteiger partial charge on any atom is 0.204 e. The number of hydrogen-bond acceptors (Lipinski definition) is 8. The molecule has 9 nitrogen and oxygen atoms in total. The van der Waals surface area contributed by atoms with Crippen molar-refractivity contribution in [1.82, 2.24) is 35.1 Å². The van der Waals surface area contributed by atoms with Crippen LogP contribution in [0.3, 0.4) is 0 Å². The van der Waals surface area contributed by atoms with Gasteiger partial charge in [0.2, 0.25) is 5.82 Å². The van der Waals surface area contributed by atoms with Crippen LogP contribution in [0.4, 0.5) is 5.82 Å². The summed E-state index contributed by atoms with van der Waals surface area (Å²) >= 11 is 0. The number of rotatable bonds is 11. The minimum absolute atomic E-state index is 0.595. The van der Waals surface area contributed by atoms with E-state index in [4.69, 9.17) is 15.7 Å². The fraction of sp³-hybridized carbons (Fsp3) is 0.393. The predicted octanol–water partition coefficient (Wildman–Crippen LogP) is 3.19. The SMILES string of the molecule is Cc1cccc(Cc2nc3c(c(NCCCN(C)CCCN)n2)/C=C/C=C(c2nnn(C)n2)\C=C\C3)c1. The summed E-state index contributed by atoms with van der Waals surface area (Å²) in [6.07, 6.45) is 13.6. The first-order valence-electron chi connectivity index (χ1n) is 12.9. The molecule has 2 heterocycles. The minimum Gasteiger partial charge on any atom is -0.369 e. The second-order valence-corrected chi connectivity index (χ2v) is 9.43. The van der Waals surface area contributed by atoms with Crippen molar-refractivity contribution in [2.45, 2.75) is 32.6 Å². The number of nitrogens with two attached hydrogens (primary N) is 1. The Hall–Kier alpha value is -3.69. The molecule has 1 aliphatic rings. The van der Waals surface area contributed by atoms with Crippen LogP contribution in [0.15, 0.2) is 48.6 Å². The third-order valence-electron chi connectivity index (χ3n) is 6.18. The van der Waals surface area contributed by atoms with Gasteiger partial charge in [-0.2, -0.15) is 4.80 Å². The van der Waals surface area contributed by atoms with Crippen molar-refractivity contribution >= 4 is 17.5 Å². The molecule has 3 aromatic rings. The molecule has 3 N–H and O–H groups in total. The number of benzene rings is 1. The van der Waals surface area contributed by atoms with Crippen LogP contribution in [-0.4, -0.2) is 68.3 Å². The summed E-state index contributed by atoms with van der Waals surface area (Å²) in [5.41, 5.74) is 11.0. The van der Waals surface area contributed by atoms with Gasteiger partial charge in [0.25, 0.3) is 0 Å². The molecular formula is C28H37N9. The quantitative estimate of drug-likeness (QED) is 0.387. The second kappa shape index (κ2) is 13.0. The van der Waals surface area contributed by atoms with Gasteiger partial charge in [0, 0.05) is 30.5 Å². The van der Waals surface area contributed by atoms with Crippen LogP contribution < -0.4 is 11.1 Å². The molecule has 0 fully saturated rings. The molecule has 0 saturated heterocycles. The number of hydrogen-bond donors (Lipinski definition) is 2. The third-order valence-corrected chi connectivity index (χ3v) is 6.18. The lowest BCUT2D eigenvalue weighted by atomic mass is 10.1. The fourth-order valence-corrected chi connectivity index (χ4v) is 4.29. The van der Waals surface area contributed by atoms with Gasteiger partial charge in [0.15, 0.2) is 0 Å². The van der Waals surface area contributed by atoms with Crippen LogP contribution >= 0.6 is 0 Å². The molecule has 2 aromatic heterocycles. The Kier molecular flexibility index (Phi) is 9.29. The van der Waals surface area contributed by atoms with E-state index < -0.39 is 0 Å². The number of fused-ring (bicyclic) bond motifs is 1. The zero-order valence-electron chi connectivity index (χ0n) is 22.1. The van der Waals surface area contributed by atoms with Crippen molar-refractivity contribution < 1.29 is 0 Å². The summed E-state index contributed by atoms with van der Waals surface area (Å²) in [5, 5.41) is 16.1. The van der Waals surface area contributed by atoms with Crippen LogP contribution in [-0.2, 0) is 19.9 Å². The Morgan fingerprint density at radius 3 is 2.78 bits per heavy atom. The van der Waals surface area contributed by atoms with Crippen molar-refractivity contribution in [3.63, 3.8) is 0 Å². The Morgan fingerprint density at radius 2 is 2.00 bits per heavy atom. The van der Waals surface area contributed by atoms with Crippen LogP contribution in [0.1, 0.15) is 46.9 Å². The largest absolute Gasteiger partial charge is 0.369 e. The van der Waals surface area contributed by atoms with E-state index in [1.165, 1.54) is 15.9 Å². The summed E-state index contributed by atoms with van der Waals surface area (Å²) in [5.74, 6) is 2.28. The van der Waals surface area contributed by atoms with Gasteiger partial charge in [-0.05, 0) is 63.3 Å². The first-order valence-corrected chi connectivity index (χ1v) is 12.9. The number of aryl methyl sites for hydroxylation is 2. The van der Waals surface area contributed by atoms with Crippen LogP contribution in [0.5, 0.6) is 0 Å². The average molecular weight is 500 g/mol. The van der Waals surface area contributed by atoms with E-state index in [1.807, 2.05) is 18.2 Å². The van der Waals surface area contributed by atoms with Crippen molar-refractivity contribution in [3.05, 3.63) is 82.6 Å². The highest BCUT2D eigenvalue weighted by atomic mass is 15.6. The molecular weight excluding hydrogens is 462 g/mol. The zero-order chi connectivity index (χ0) is 26.0. The summed E-state index contributed by atoms with van der Waals surface area (Å²) in [4.78, 5) is 13.8. The van der Waals surface area contributed by atoms with E-state index in [0.29, 0.717) is 18.7 Å². The Bertz CT molecular complexity index is 1270. The van der Waals surface area contributed by atoms with E-state index in [0.717, 1.165) is 67.5 Å². The maximum absolute atomic E-state index is 5.65. The van der Waals surface area contributed by atoms with Gasteiger partial charge in [-0.15, -0.1) is 10.2 Å². The molecule has 0 saturated carbocycles. The average Bonchev–Trinajstić information content (AvgIpc) is 3.34. The molecule has 0 radical (unpaired) electrons. The number of aromatic nitrogens is 6. The number of nitrogens with one attached hydrogen (secondary N) is 1. The molecule has 0 aliphatic heterocycles. The lowest BCUT2D eigenvalue weighted by Gasteiger charge is -2.17. The molecule has 1 aliphatic carbocycles.